The number of hydrogen-bond donors (Lipinski definition) is 1. The number of hydrogen-bond acceptors (Lipinski definition) is 4. The fraction of sp³-hybridized carbons (Fsp3) is 0.562. The van der Waals surface area contributed by atoms with Gasteiger partial charge < -0.3 is 10.6 Å². The molecule has 1 aliphatic rings. The molecule has 1 atom stereocenters. The van der Waals surface area contributed by atoms with Crippen LogP contribution in [0.25, 0.3) is 0 Å². The summed E-state index contributed by atoms with van der Waals surface area (Å²) in [6.45, 7) is 3.72. The van der Waals surface area contributed by atoms with Gasteiger partial charge in [-0.2, -0.15) is 11.8 Å². The van der Waals surface area contributed by atoms with E-state index in [2.05, 4.69) is 4.90 Å². The van der Waals surface area contributed by atoms with E-state index in [0.29, 0.717) is 13.1 Å². The molecule has 6 heteroatoms. The number of halogens is 1. The molecule has 2 N–H and O–H groups in total. The molecular weight excluding hydrogens is 301 g/mol. The van der Waals surface area contributed by atoms with Crippen LogP contribution in [0.2, 0.25) is 0 Å². The van der Waals surface area contributed by atoms with Crippen molar-refractivity contribution in [1.82, 2.24) is 9.80 Å². The average Bonchev–Trinajstić information content (AvgIpc) is 2.52. The van der Waals surface area contributed by atoms with Gasteiger partial charge in [0, 0.05) is 32.7 Å². The summed E-state index contributed by atoms with van der Waals surface area (Å²) in [6.07, 6.45) is 2.74. The van der Waals surface area contributed by atoms with Gasteiger partial charge in [-0.1, -0.05) is 12.1 Å². The highest BCUT2D eigenvalue weighted by atomic mass is 32.2. The van der Waals surface area contributed by atoms with Crippen LogP contribution >= 0.6 is 11.8 Å². The molecule has 1 aliphatic heterocycles. The molecule has 1 heterocycles. The third kappa shape index (κ3) is 4.97. The van der Waals surface area contributed by atoms with Crippen molar-refractivity contribution in [2.45, 2.75) is 19.0 Å². The maximum atomic E-state index is 13.2. The maximum absolute atomic E-state index is 13.2. The highest BCUT2D eigenvalue weighted by Crippen LogP contribution is 2.11. The minimum atomic E-state index is -0.387. The number of amides is 1. The third-order valence-electron chi connectivity index (χ3n) is 3.93. The minimum absolute atomic E-state index is 0.0551. The number of carbonyl (C=O) groups excluding carboxylic acids is 1. The van der Waals surface area contributed by atoms with Crippen LogP contribution in [0.4, 0.5) is 4.39 Å². The summed E-state index contributed by atoms with van der Waals surface area (Å²) < 4.78 is 13.2. The van der Waals surface area contributed by atoms with Crippen LogP contribution in [0, 0.1) is 5.82 Å². The Hall–Kier alpha value is -1.11. The van der Waals surface area contributed by atoms with Crippen molar-refractivity contribution in [2.75, 3.05) is 38.2 Å². The van der Waals surface area contributed by atoms with Crippen LogP contribution in [-0.4, -0.2) is 59.9 Å². The van der Waals surface area contributed by atoms with Gasteiger partial charge in [0.15, 0.2) is 0 Å². The molecular formula is C16H24FN3OS. The summed E-state index contributed by atoms with van der Waals surface area (Å²) in [5, 5.41) is 0. The van der Waals surface area contributed by atoms with Gasteiger partial charge >= 0.3 is 0 Å². The first kappa shape index (κ1) is 17.2. The zero-order valence-electron chi connectivity index (χ0n) is 13.0. The van der Waals surface area contributed by atoms with Crippen LogP contribution in [0.1, 0.15) is 12.0 Å². The normalized spacial score (nSPS) is 17.5. The van der Waals surface area contributed by atoms with Crippen molar-refractivity contribution >= 4 is 17.7 Å². The Morgan fingerprint density at radius 1 is 1.36 bits per heavy atom. The topological polar surface area (TPSA) is 49.6 Å². The van der Waals surface area contributed by atoms with Gasteiger partial charge in [-0.3, -0.25) is 9.69 Å². The van der Waals surface area contributed by atoms with Gasteiger partial charge in [0.2, 0.25) is 5.91 Å². The molecule has 0 bridgehead atoms. The smallest absolute Gasteiger partial charge is 0.239 e. The van der Waals surface area contributed by atoms with Crippen molar-refractivity contribution in [3.05, 3.63) is 35.6 Å². The molecule has 0 aliphatic carbocycles. The summed E-state index contributed by atoms with van der Waals surface area (Å²) in [5.41, 5.74) is 6.92. The van der Waals surface area contributed by atoms with Gasteiger partial charge in [-0.25, -0.2) is 4.39 Å². The number of carbonyl (C=O) groups is 1. The summed E-state index contributed by atoms with van der Waals surface area (Å²) in [4.78, 5) is 16.3. The quantitative estimate of drug-likeness (QED) is 0.862. The Labute approximate surface area is 135 Å². The molecule has 22 heavy (non-hydrogen) atoms. The van der Waals surface area contributed by atoms with E-state index >= 15 is 0 Å². The summed E-state index contributed by atoms with van der Waals surface area (Å²) in [6, 6.07) is 6.29. The first-order chi connectivity index (χ1) is 10.6. The Bertz CT molecular complexity index is 492. The number of nitrogens with two attached hydrogens (primary N) is 1. The monoisotopic (exact) mass is 325 g/mol. The van der Waals surface area contributed by atoms with E-state index in [-0.39, 0.29) is 17.8 Å². The van der Waals surface area contributed by atoms with Crippen LogP contribution in [0.15, 0.2) is 24.3 Å². The molecule has 2 rings (SSSR count). The van der Waals surface area contributed by atoms with Crippen LogP contribution in [0.5, 0.6) is 0 Å². The van der Waals surface area contributed by atoms with Gasteiger partial charge in [-0.15, -0.1) is 0 Å². The number of piperazine rings is 1. The molecule has 0 saturated carbocycles. The predicted octanol–water partition coefficient (Wildman–Crippen LogP) is 1.55. The second kappa shape index (κ2) is 8.50. The van der Waals surface area contributed by atoms with Crippen molar-refractivity contribution in [3.63, 3.8) is 0 Å². The average molecular weight is 325 g/mol. The molecule has 122 valence electrons. The highest BCUT2D eigenvalue weighted by Gasteiger charge is 2.24. The van der Waals surface area contributed by atoms with Crippen LogP contribution in [0.3, 0.4) is 0 Å². The van der Waals surface area contributed by atoms with E-state index in [1.807, 2.05) is 17.2 Å². The molecule has 1 aromatic carbocycles. The van der Waals surface area contributed by atoms with Gasteiger partial charge in [0.05, 0.1) is 6.04 Å². The van der Waals surface area contributed by atoms with Crippen LogP contribution in [-0.2, 0) is 11.3 Å². The fourth-order valence-corrected chi connectivity index (χ4v) is 3.11. The second-order valence-corrected chi connectivity index (χ2v) is 6.60. The van der Waals surface area contributed by atoms with E-state index < -0.39 is 0 Å². The number of benzene rings is 1. The number of thioether (sulfide) groups is 1. The van der Waals surface area contributed by atoms with E-state index in [1.165, 1.54) is 6.07 Å². The predicted molar refractivity (Wildman–Crippen MR) is 89.2 cm³/mol. The minimum Gasteiger partial charge on any atom is -0.339 e. The Kier molecular flexibility index (Phi) is 6.67. The fourth-order valence-electron chi connectivity index (χ4n) is 2.62. The van der Waals surface area contributed by atoms with E-state index in [0.717, 1.165) is 37.4 Å². The lowest BCUT2D eigenvalue weighted by molar-refractivity contribution is -0.134. The van der Waals surface area contributed by atoms with Crippen LogP contribution < -0.4 is 5.73 Å². The lowest BCUT2D eigenvalue weighted by Crippen LogP contribution is -2.53. The zero-order chi connectivity index (χ0) is 15.9. The van der Waals surface area contributed by atoms with Gasteiger partial charge in [-0.05, 0) is 36.1 Å². The highest BCUT2D eigenvalue weighted by molar-refractivity contribution is 7.98. The summed E-state index contributed by atoms with van der Waals surface area (Å²) in [5.74, 6) is 0.762. The second-order valence-electron chi connectivity index (χ2n) is 5.62. The standard InChI is InChI=1S/C16H24FN3OS/c1-22-10-5-15(18)16(21)20-8-6-19(7-9-20)12-13-3-2-4-14(17)11-13/h2-4,11,15H,5-10,12,18H2,1H3/t15-/m0/s1. The molecule has 4 nitrogen and oxygen atoms in total. The molecule has 0 radical (unpaired) electrons. The molecule has 0 unspecified atom stereocenters. The zero-order valence-corrected chi connectivity index (χ0v) is 13.8. The molecule has 1 aromatic rings. The molecule has 0 spiro atoms. The Morgan fingerprint density at radius 2 is 2.09 bits per heavy atom. The summed E-state index contributed by atoms with van der Waals surface area (Å²) in [7, 11) is 0. The van der Waals surface area contributed by atoms with Gasteiger partial charge in [0.1, 0.15) is 5.82 Å². The first-order valence-corrected chi connectivity index (χ1v) is 8.99. The maximum Gasteiger partial charge on any atom is 0.239 e. The van der Waals surface area contributed by atoms with Crippen molar-refractivity contribution in [2.24, 2.45) is 5.73 Å². The lowest BCUT2D eigenvalue weighted by atomic mass is 10.1. The van der Waals surface area contributed by atoms with E-state index in [4.69, 9.17) is 5.73 Å². The Morgan fingerprint density at radius 3 is 2.73 bits per heavy atom. The van der Waals surface area contributed by atoms with E-state index in [1.54, 1.807) is 23.9 Å². The summed E-state index contributed by atoms with van der Waals surface area (Å²) >= 11 is 1.71. The third-order valence-corrected chi connectivity index (χ3v) is 4.57. The van der Waals surface area contributed by atoms with Crippen molar-refractivity contribution in [1.29, 1.82) is 0 Å². The number of nitrogens with zero attached hydrogens (tertiary/aromatic N) is 2. The molecule has 0 aromatic heterocycles. The lowest BCUT2D eigenvalue weighted by Gasteiger charge is -2.36. The first-order valence-electron chi connectivity index (χ1n) is 7.60. The number of rotatable bonds is 6. The Balaban J connectivity index is 1.79. The van der Waals surface area contributed by atoms with Crippen molar-refractivity contribution < 1.29 is 9.18 Å². The largest absolute Gasteiger partial charge is 0.339 e. The SMILES string of the molecule is CSCC[C@H](N)C(=O)N1CCN(Cc2cccc(F)c2)CC1. The van der Waals surface area contributed by atoms with Crippen molar-refractivity contribution in [3.8, 4) is 0 Å². The van der Waals surface area contributed by atoms with Gasteiger partial charge in [0.25, 0.3) is 0 Å². The van der Waals surface area contributed by atoms with E-state index in [9.17, 15) is 9.18 Å². The molecule has 1 saturated heterocycles. The molecule has 1 fully saturated rings. The molecule has 1 amide bonds.